The van der Waals surface area contributed by atoms with Gasteiger partial charge in [0.1, 0.15) is 0 Å². The number of fused-ring (bicyclic) bond motifs is 1. The number of amides is 1. The summed E-state index contributed by atoms with van der Waals surface area (Å²) in [5.41, 5.74) is 4.06. The normalized spacial score (nSPS) is 11.4. The van der Waals surface area contributed by atoms with Crippen LogP contribution in [0.15, 0.2) is 60.7 Å². The summed E-state index contributed by atoms with van der Waals surface area (Å²) in [5.74, 6) is 0.280. The van der Waals surface area contributed by atoms with E-state index in [0.717, 1.165) is 48.6 Å². The van der Waals surface area contributed by atoms with E-state index in [1.807, 2.05) is 61.5 Å². The minimum absolute atomic E-state index is 0.267. The van der Waals surface area contributed by atoms with Crippen LogP contribution in [0.4, 0.5) is 5.95 Å². The summed E-state index contributed by atoms with van der Waals surface area (Å²) >= 11 is 0. The van der Waals surface area contributed by atoms with Crippen molar-refractivity contribution >= 4 is 22.9 Å². The molecule has 0 bridgehead atoms. The van der Waals surface area contributed by atoms with Crippen LogP contribution in [0.3, 0.4) is 0 Å². The van der Waals surface area contributed by atoms with E-state index < -0.39 is 0 Å². The molecule has 0 saturated heterocycles. The molecule has 0 unspecified atom stereocenters. The fraction of sp³-hybridized carbons (Fsp3) is 0.292. The predicted molar refractivity (Wildman–Crippen MR) is 124 cm³/mol. The number of para-hydroxylation sites is 3. The van der Waals surface area contributed by atoms with Crippen molar-refractivity contribution in [2.24, 2.45) is 0 Å². The number of benzene rings is 2. The zero-order valence-corrected chi connectivity index (χ0v) is 18.2. The van der Waals surface area contributed by atoms with Crippen molar-refractivity contribution in [3.63, 3.8) is 0 Å². The van der Waals surface area contributed by atoms with E-state index in [1.54, 1.807) is 10.7 Å². The van der Waals surface area contributed by atoms with Crippen molar-refractivity contribution < 1.29 is 4.79 Å². The number of likely N-dealkylation sites (N-methyl/N-ethyl adjacent to an activating group) is 1. The smallest absolute Gasteiger partial charge is 0.278 e. The minimum atomic E-state index is -0.267. The summed E-state index contributed by atoms with van der Waals surface area (Å²) in [4.78, 5) is 20.1. The maximum absolute atomic E-state index is 13.0. The number of nitrogens with zero attached hydrogens (tertiary/aromatic N) is 5. The number of hydrogen-bond donors (Lipinski definition) is 1. The number of anilines is 1. The van der Waals surface area contributed by atoms with Crippen LogP contribution in [0, 0.1) is 6.92 Å². The maximum atomic E-state index is 13.0. The third-order valence-electron chi connectivity index (χ3n) is 5.53. The maximum Gasteiger partial charge on any atom is 0.278 e. The van der Waals surface area contributed by atoms with Gasteiger partial charge < -0.3 is 9.47 Å². The van der Waals surface area contributed by atoms with Crippen molar-refractivity contribution in [2.45, 2.75) is 27.3 Å². The Kier molecular flexibility index (Phi) is 6.13. The van der Waals surface area contributed by atoms with Gasteiger partial charge in [-0.25, -0.2) is 9.67 Å². The van der Waals surface area contributed by atoms with Crippen LogP contribution in [0.25, 0.3) is 16.7 Å². The number of nitrogens with one attached hydrogen (secondary N) is 1. The van der Waals surface area contributed by atoms with Gasteiger partial charge in [-0.15, -0.1) is 0 Å². The third kappa shape index (κ3) is 4.36. The molecule has 160 valence electrons. The molecular formula is C24H28N6O. The molecule has 1 amide bonds. The molecule has 0 fully saturated rings. The SMILES string of the molecule is CCN(CC)CCn1c(NC(=O)c2cc(C)n(-c3ccccc3)n2)nc2ccccc21. The number of aromatic nitrogens is 4. The van der Waals surface area contributed by atoms with Crippen molar-refractivity contribution in [3.05, 3.63) is 72.1 Å². The number of imidazole rings is 1. The van der Waals surface area contributed by atoms with Gasteiger partial charge in [-0.3, -0.25) is 10.1 Å². The summed E-state index contributed by atoms with van der Waals surface area (Å²) in [7, 11) is 0. The molecule has 7 heteroatoms. The average molecular weight is 417 g/mol. The molecule has 0 aliphatic rings. The summed E-state index contributed by atoms with van der Waals surface area (Å²) in [6.45, 7) is 9.86. The standard InChI is InChI=1S/C24H28N6O/c1-4-28(5-2)15-16-29-22-14-10-9-13-20(22)25-24(29)26-23(31)21-17-18(3)30(27-21)19-11-7-6-8-12-19/h6-14,17H,4-5,15-16H2,1-3H3,(H,25,26,31). The molecule has 2 heterocycles. The molecule has 2 aromatic heterocycles. The van der Waals surface area contributed by atoms with Crippen LogP contribution in [-0.2, 0) is 6.54 Å². The lowest BCUT2D eigenvalue weighted by molar-refractivity contribution is 0.102. The number of carbonyl (C=O) groups is 1. The second-order valence-corrected chi connectivity index (χ2v) is 7.48. The van der Waals surface area contributed by atoms with Gasteiger partial charge in [0.25, 0.3) is 5.91 Å². The molecule has 0 radical (unpaired) electrons. The topological polar surface area (TPSA) is 68.0 Å². The van der Waals surface area contributed by atoms with Gasteiger partial charge in [0.2, 0.25) is 5.95 Å². The Morgan fingerprint density at radius 2 is 1.74 bits per heavy atom. The van der Waals surface area contributed by atoms with E-state index in [2.05, 4.69) is 38.7 Å². The minimum Gasteiger partial charge on any atom is -0.309 e. The first kappa shape index (κ1) is 20.8. The molecule has 4 aromatic rings. The molecule has 0 aliphatic heterocycles. The molecule has 0 spiro atoms. The summed E-state index contributed by atoms with van der Waals surface area (Å²) in [6, 6.07) is 19.5. The number of carbonyl (C=O) groups excluding carboxylic acids is 1. The lowest BCUT2D eigenvalue weighted by Gasteiger charge is -2.19. The Morgan fingerprint density at radius 1 is 1.03 bits per heavy atom. The quantitative estimate of drug-likeness (QED) is 0.469. The number of rotatable bonds is 8. The van der Waals surface area contributed by atoms with Gasteiger partial charge >= 0.3 is 0 Å². The zero-order valence-electron chi connectivity index (χ0n) is 18.2. The van der Waals surface area contributed by atoms with E-state index in [-0.39, 0.29) is 5.91 Å². The highest BCUT2D eigenvalue weighted by Gasteiger charge is 2.18. The Bertz CT molecular complexity index is 1170. The molecule has 31 heavy (non-hydrogen) atoms. The fourth-order valence-electron chi connectivity index (χ4n) is 3.76. The van der Waals surface area contributed by atoms with Crippen molar-refractivity contribution in [1.29, 1.82) is 0 Å². The van der Waals surface area contributed by atoms with Gasteiger partial charge in [-0.05, 0) is 50.3 Å². The Hall–Kier alpha value is -3.45. The van der Waals surface area contributed by atoms with Crippen LogP contribution in [0.1, 0.15) is 30.0 Å². The van der Waals surface area contributed by atoms with Crippen LogP contribution >= 0.6 is 0 Å². The molecule has 0 saturated carbocycles. The first-order valence-corrected chi connectivity index (χ1v) is 10.7. The third-order valence-corrected chi connectivity index (χ3v) is 5.53. The Morgan fingerprint density at radius 3 is 2.48 bits per heavy atom. The molecule has 2 aromatic carbocycles. The van der Waals surface area contributed by atoms with Crippen LogP contribution in [0.2, 0.25) is 0 Å². The van der Waals surface area contributed by atoms with Gasteiger partial charge in [0.15, 0.2) is 5.69 Å². The fourth-order valence-corrected chi connectivity index (χ4v) is 3.76. The Labute approximate surface area is 182 Å². The van der Waals surface area contributed by atoms with Crippen molar-refractivity contribution in [3.8, 4) is 5.69 Å². The van der Waals surface area contributed by atoms with E-state index in [9.17, 15) is 4.79 Å². The predicted octanol–water partition coefficient (Wildman–Crippen LogP) is 4.12. The second kappa shape index (κ2) is 9.14. The highest BCUT2D eigenvalue weighted by Crippen LogP contribution is 2.21. The first-order chi connectivity index (χ1) is 15.1. The van der Waals surface area contributed by atoms with Gasteiger partial charge in [-0.2, -0.15) is 5.10 Å². The van der Waals surface area contributed by atoms with E-state index in [4.69, 9.17) is 0 Å². The van der Waals surface area contributed by atoms with E-state index in [0.29, 0.717) is 11.6 Å². The zero-order chi connectivity index (χ0) is 21.8. The molecule has 7 nitrogen and oxygen atoms in total. The molecular weight excluding hydrogens is 388 g/mol. The first-order valence-electron chi connectivity index (χ1n) is 10.7. The van der Waals surface area contributed by atoms with Crippen LogP contribution < -0.4 is 5.32 Å². The van der Waals surface area contributed by atoms with Crippen molar-refractivity contribution in [1.82, 2.24) is 24.2 Å². The van der Waals surface area contributed by atoms with E-state index in [1.165, 1.54) is 0 Å². The molecule has 0 atom stereocenters. The second-order valence-electron chi connectivity index (χ2n) is 7.48. The lowest BCUT2D eigenvalue weighted by Crippen LogP contribution is -2.27. The number of aryl methyl sites for hydroxylation is 1. The van der Waals surface area contributed by atoms with Gasteiger partial charge in [0.05, 0.1) is 16.7 Å². The van der Waals surface area contributed by atoms with E-state index >= 15 is 0 Å². The monoisotopic (exact) mass is 416 g/mol. The van der Waals surface area contributed by atoms with Crippen LogP contribution in [0.5, 0.6) is 0 Å². The molecule has 4 rings (SSSR count). The van der Waals surface area contributed by atoms with Gasteiger partial charge in [0, 0.05) is 18.8 Å². The number of hydrogen-bond acceptors (Lipinski definition) is 4. The van der Waals surface area contributed by atoms with Crippen molar-refractivity contribution in [2.75, 3.05) is 25.0 Å². The summed E-state index contributed by atoms with van der Waals surface area (Å²) in [5, 5.41) is 7.51. The highest BCUT2D eigenvalue weighted by molar-refractivity contribution is 6.02. The van der Waals surface area contributed by atoms with Gasteiger partial charge in [-0.1, -0.05) is 44.2 Å². The summed E-state index contributed by atoms with van der Waals surface area (Å²) in [6.07, 6.45) is 0. The average Bonchev–Trinajstić information content (AvgIpc) is 3.35. The Balaban J connectivity index is 1.61. The molecule has 1 N–H and O–H groups in total. The largest absolute Gasteiger partial charge is 0.309 e. The summed E-state index contributed by atoms with van der Waals surface area (Å²) < 4.78 is 3.85. The van der Waals surface area contributed by atoms with Crippen LogP contribution in [-0.4, -0.2) is 49.8 Å². The lowest BCUT2D eigenvalue weighted by atomic mass is 10.3. The molecule has 0 aliphatic carbocycles. The highest BCUT2D eigenvalue weighted by atomic mass is 16.2.